The molecule has 0 aliphatic rings. The summed E-state index contributed by atoms with van der Waals surface area (Å²) in [5.74, 6) is 0. The molecule has 3 heteroatoms. The summed E-state index contributed by atoms with van der Waals surface area (Å²) < 4.78 is 6.25. The fourth-order valence-corrected chi connectivity index (χ4v) is 2.23. The summed E-state index contributed by atoms with van der Waals surface area (Å²) in [6.07, 6.45) is 5.64. The zero-order chi connectivity index (χ0) is 12.8. The molecule has 96 valence electrons. The Morgan fingerprint density at radius 3 is 2.61 bits per heavy atom. The van der Waals surface area contributed by atoms with Crippen LogP contribution in [0.3, 0.4) is 0 Å². The van der Waals surface area contributed by atoms with E-state index in [-0.39, 0.29) is 0 Å². The lowest BCUT2D eigenvalue weighted by molar-refractivity contribution is 0.520. The van der Waals surface area contributed by atoms with Crippen LogP contribution in [0.2, 0.25) is 0 Å². The second-order valence-electron chi connectivity index (χ2n) is 4.39. The van der Waals surface area contributed by atoms with Crippen LogP contribution in [0.15, 0.2) is 51.7 Å². The van der Waals surface area contributed by atoms with Crippen LogP contribution in [0.25, 0.3) is 0 Å². The Hall–Kier alpha value is -1.06. The summed E-state index contributed by atoms with van der Waals surface area (Å²) >= 11 is 3.47. The highest BCUT2D eigenvalue weighted by atomic mass is 79.9. The van der Waals surface area contributed by atoms with Crippen molar-refractivity contribution in [2.75, 3.05) is 6.54 Å². The van der Waals surface area contributed by atoms with Gasteiger partial charge in [0.15, 0.2) is 0 Å². The molecule has 18 heavy (non-hydrogen) atoms. The van der Waals surface area contributed by atoms with Gasteiger partial charge in [-0.3, -0.25) is 0 Å². The molecule has 0 saturated carbocycles. The quantitative estimate of drug-likeness (QED) is 0.859. The minimum absolute atomic E-state index is 0.343. The highest BCUT2D eigenvalue weighted by molar-refractivity contribution is 9.10. The molecule has 0 spiro atoms. The Balaban J connectivity index is 2.11. The van der Waals surface area contributed by atoms with E-state index in [4.69, 9.17) is 4.42 Å². The highest BCUT2D eigenvalue weighted by Gasteiger charge is 2.12. The molecule has 0 fully saturated rings. The fraction of sp³-hybridized carbons (Fsp3) is 0.333. The zero-order valence-corrected chi connectivity index (χ0v) is 12.1. The third-order valence-electron chi connectivity index (χ3n) is 2.93. The summed E-state index contributed by atoms with van der Waals surface area (Å²) in [4.78, 5) is 0. The first kappa shape index (κ1) is 13.4. The first-order valence-electron chi connectivity index (χ1n) is 6.29. The van der Waals surface area contributed by atoms with Gasteiger partial charge in [-0.05, 0) is 48.7 Å². The van der Waals surface area contributed by atoms with Gasteiger partial charge in [-0.25, -0.2) is 0 Å². The second-order valence-corrected chi connectivity index (χ2v) is 5.31. The van der Waals surface area contributed by atoms with Crippen molar-refractivity contribution in [2.45, 2.75) is 25.8 Å². The van der Waals surface area contributed by atoms with Crippen LogP contribution in [-0.2, 0) is 6.42 Å². The lowest BCUT2D eigenvalue weighted by Gasteiger charge is -2.18. The van der Waals surface area contributed by atoms with E-state index in [9.17, 15) is 0 Å². The van der Waals surface area contributed by atoms with Gasteiger partial charge in [-0.2, -0.15) is 0 Å². The summed E-state index contributed by atoms with van der Waals surface area (Å²) in [6.45, 7) is 3.21. The van der Waals surface area contributed by atoms with Crippen molar-refractivity contribution in [3.05, 3.63) is 58.5 Å². The van der Waals surface area contributed by atoms with E-state index in [0.29, 0.717) is 6.04 Å². The predicted molar refractivity (Wildman–Crippen MR) is 77.6 cm³/mol. The average molecular weight is 308 g/mol. The number of halogens is 1. The largest absolute Gasteiger partial charge is 0.472 e. The lowest BCUT2D eigenvalue weighted by atomic mass is 10.0. The second kappa shape index (κ2) is 6.76. The molecule has 0 bridgehead atoms. The number of rotatable bonds is 6. The summed E-state index contributed by atoms with van der Waals surface area (Å²) in [5.41, 5.74) is 2.54. The monoisotopic (exact) mass is 307 g/mol. The standard InChI is InChI=1S/C15H18BrNO/c1-2-8-17-15(10-12-7-9-18-11-12)13-3-5-14(16)6-4-13/h3-7,9,11,15,17H,2,8,10H2,1H3. The minimum Gasteiger partial charge on any atom is -0.472 e. The zero-order valence-electron chi connectivity index (χ0n) is 10.5. The molecule has 1 N–H and O–H groups in total. The first-order valence-corrected chi connectivity index (χ1v) is 7.09. The maximum atomic E-state index is 5.14. The molecule has 2 rings (SSSR count). The Labute approximate surface area is 117 Å². The maximum absolute atomic E-state index is 5.14. The SMILES string of the molecule is CCCNC(Cc1ccoc1)c1ccc(Br)cc1. The number of benzene rings is 1. The maximum Gasteiger partial charge on any atom is 0.0935 e. The Kier molecular flexibility index (Phi) is 5.02. The van der Waals surface area contributed by atoms with Gasteiger partial charge >= 0.3 is 0 Å². The number of hydrogen-bond donors (Lipinski definition) is 1. The van der Waals surface area contributed by atoms with Crippen LogP contribution in [0.5, 0.6) is 0 Å². The molecule has 1 unspecified atom stereocenters. The van der Waals surface area contributed by atoms with Gasteiger partial charge in [-0.15, -0.1) is 0 Å². The molecule has 0 aliphatic carbocycles. The molecule has 0 amide bonds. The van der Waals surface area contributed by atoms with Crippen LogP contribution in [0.4, 0.5) is 0 Å². The lowest BCUT2D eigenvalue weighted by Crippen LogP contribution is -2.23. The minimum atomic E-state index is 0.343. The van der Waals surface area contributed by atoms with Crippen molar-refractivity contribution in [3.63, 3.8) is 0 Å². The molecule has 0 saturated heterocycles. The third kappa shape index (κ3) is 3.72. The Morgan fingerprint density at radius 1 is 1.22 bits per heavy atom. The van der Waals surface area contributed by atoms with E-state index in [0.717, 1.165) is 23.9 Å². The predicted octanol–water partition coefficient (Wildman–Crippen LogP) is 4.33. The summed E-state index contributed by atoms with van der Waals surface area (Å²) in [7, 11) is 0. The van der Waals surface area contributed by atoms with Crippen molar-refractivity contribution in [1.82, 2.24) is 5.32 Å². The Morgan fingerprint density at radius 2 is 2.00 bits per heavy atom. The molecule has 1 atom stereocenters. The number of hydrogen-bond acceptors (Lipinski definition) is 2. The molecule has 1 heterocycles. The molecule has 0 radical (unpaired) electrons. The van der Waals surface area contributed by atoms with E-state index >= 15 is 0 Å². The van der Waals surface area contributed by atoms with Crippen LogP contribution < -0.4 is 5.32 Å². The van der Waals surface area contributed by atoms with Gasteiger partial charge in [0.05, 0.1) is 12.5 Å². The summed E-state index contributed by atoms with van der Waals surface area (Å²) in [6, 6.07) is 10.9. The van der Waals surface area contributed by atoms with E-state index in [1.807, 2.05) is 12.3 Å². The van der Waals surface area contributed by atoms with Gasteiger partial charge in [0, 0.05) is 10.5 Å². The number of furan rings is 1. The van der Waals surface area contributed by atoms with Crippen molar-refractivity contribution in [3.8, 4) is 0 Å². The van der Waals surface area contributed by atoms with Gasteiger partial charge in [-0.1, -0.05) is 35.0 Å². The van der Waals surface area contributed by atoms with Crippen molar-refractivity contribution in [2.24, 2.45) is 0 Å². The van der Waals surface area contributed by atoms with Crippen LogP contribution in [0.1, 0.15) is 30.5 Å². The van der Waals surface area contributed by atoms with Gasteiger partial charge < -0.3 is 9.73 Å². The molecule has 2 aromatic rings. The molecule has 1 aromatic heterocycles. The van der Waals surface area contributed by atoms with Gasteiger partial charge in [0.25, 0.3) is 0 Å². The van der Waals surface area contributed by atoms with Gasteiger partial charge in [0.2, 0.25) is 0 Å². The van der Waals surface area contributed by atoms with E-state index in [2.05, 4.69) is 52.4 Å². The smallest absolute Gasteiger partial charge is 0.0935 e. The molecule has 1 aromatic carbocycles. The van der Waals surface area contributed by atoms with E-state index in [1.165, 1.54) is 11.1 Å². The fourth-order valence-electron chi connectivity index (χ4n) is 1.97. The Bertz CT molecular complexity index is 450. The van der Waals surface area contributed by atoms with E-state index in [1.54, 1.807) is 6.26 Å². The summed E-state index contributed by atoms with van der Waals surface area (Å²) in [5, 5.41) is 3.59. The van der Waals surface area contributed by atoms with Crippen molar-refractivity contribution in [1.29, 1.82) is 0 Å². The van der Waals surface area contributed by atoms with Crippen LogP contribution >= 0.6 is 15.9 Å². The molecular weight excluding hydrogens is 290 g/mol. The van der Waals surface area contributed by atoms with Crippen LogP contribution in [0, 0.1) is 0 Å². The third-order valence-corrected chi connectivity index (χ3v) is 3.46. The van der Waals surface area contributed by atoms with E-state index < -0.39 is 0 Å². The number of nitrogens with one attached hydrogen (secondary N) is 1. The normalized spacial score (nSPS) is 12.6. The van der Waals surface area contributed by atoms with Crippen LogP contribution in [-0.4, -0.2) is 6.54 Å². The molecular formula is C15H18BrNO. The topological polar surface area (TPSA) is 25.2 Å². The first-order chi connectivity index (χ1) is 8.79. The van der Waals surface area contributed by atoms with Gasteiger partial charge in [0.1, 0.15) is 0 Å². The molecule has 0 aliphatic heterocycles. The highest BCUT2D eigenvalue weighted by Crippen LogP contribution is 2.21. The molecule has 2 nitrogen and oxygen atoms in total. The average Bonchev–Trinajstić information content (AvgIpc) is 2.88. The van der Waals surface area contributed by atoms with Crippen molar-refractivity contribution >= 4 is 15.9 Å². The van der Waals surface area contributed by atoms with Crippen molar-refractivity contribution < 1.29 is 4.42 Å².